The fourth-order valence-corrected chi connectivity index (χ4v) is 3.83. The van der Waals surface area contributed by atoms with Crippen molar-refractivity contribution in [3.63, 3.8) is 0 Å². The van der Waals surface area contributed by atoms with Crippen molar-refractivity contribution >= 4 is 17.5 Å². The molecule has 7 nitrogen and oxygen atoms in total. The van der Waals surface area contributed by atoms with Gasteiger partial charge in [0.2, 0.25) is 11.8 Å². The van der Waals surface area contributed by atoms with Crippen LogP contribution in [0.25, 0.3) is 0 Å². The highest BCUT2D eigenvalue weighted by Gasteiger charge is 2.49. The standard InChI is InChI=1S/C21H21F2N3O4/c1-3-21(12-13-7-5-4-6-8-13)20(28)25(2)17(19(27)24-21)11-14-16(26(29)30)10-9-15(22)18(14)23/h4-10,17H,3,11-12H2,1-2H3,(H,24,27). The van der Waals surface area contributed by atoms with Gasteiger partial charge in [-0.1, -0.05) is 37.3 Å². The van der Waals surface area contributed by atoms with Crippen LogP contribution in [0.3, 0.4) is 0 Å². The molecule has 2 aromatic carbocycles. The van der Waals surface area contributed by atoms with Crippen molar-refractivity contribution in [1.82, 2.24) is 10.2 Å². The van der Waals surface area contributed by atoms with Gasteiger partial charge in [-0.25, -0.2) is 8.78 Å². The summed E-state index contributed by atoms with van der Waals surface area (Å²) in [5, 5.41) is 14.0. The Morgan fingerprint density at radius 2 is 1.83 bits per heavy atom. The van der Waals surface area contributed by atoms with Gasteiger partial charge in [-0.15, -0.1) is 0 Å². The van der Waals surface area contributed by atoms with Gasteiger partial charge in [-0.3, -0.25) is 19.7 Å². The summed E-state index contributed by atoms with van der Waals surface area (Å²) in [5.41, 5.74) is -1.52. The number of amides is 2. The number of nitro groups is 1. The van der Waals surface area contributed by atoms with E-state index in [0.717, 1.165) is 11.6 Å². The third-order valence-corrected chi connectivity index (χ3v) is 5.58. The van der Waals surface area contributed by atoms with Crippen molar-refractivity contribution < 1.29 is 23.3 Å². The number of nitrogens with zero attached hydrogens (tertiary/aromatic N) is 2. The van der Waals surface area contributed by atoms with Gasteiger partial charge in [-0.05, 0) is 18.1 Å². The number of rotatable bonds is 6. The lowest BCUT2D eigenvalue weighted by Crippen LogP contribution is -2.70. The Labute approximate surface area is 171 Å². The number of hydrogen-bond donors (Lipinski definition) is 1. The minimum absolute atomic E-state index is 0.264. The normalized spacial score (nSPS) is 21.5. The maximum atomic E-state index is 14.3. The first-order valence-electron chi connectivity index (χ1n) is 9.44. The summed E-state index contributed by atoms with van der Waals surface area (Å²) in [6.07, 6.45) is 0.0670. The van der Waals surface area contributed by atoms with E-state index in [9.17, 15) is 28.5 Å². The van der Waals surface area contributed by atoms with E-state index in [4.69, 9.17) is 0 Å². The van der Waals surface area contributed by atoms with Gasteiger partial charge < -0.3 is 10.2 Å². The number of halogens is 2. The first-order valence-corrected chi connectivity index (χ1v) is 9.44. The fraction of sp³-hybridized carbons (Fsp3) is 0.333. The first kappa shape index (κ1) is 21.4. The summed E-state index contributed by atoms with van der Waals surface area (Å²) in [7, 11) is 1.39. The van der Waals surface area contributed by atoms with Crippen LogP contribution in [0.1, 0.15) is 24.5 Å². The number of hydrogen-bond acceptors (Lipinski definition) is 4. The van der Waals surface area contributed by atoms with Crippen molar-refractivity contribution in [1.29, 1.82) is 0 Å². The molecule has 0 bridgehead atoms. The molecule has 9 heteroatoms. The Balaban J connectivity index is 1.93. The highest BCUT2D eigenvalue weighted by atomic mass is 19.2. The lowest BCUT2D eigenvalue weighted by atomic mass is 9.83. The monoisotopic (exact) mass is 417 g/mol. The molecule has 2 atom stereocenters. The molecule has 1 aliphatic heterocycles. The SMILES string of the molecule is CCC1(Cc2ccccc2)NC(=O)C(Cc2c([N+](=O)[O-])ccc(F)c2F)N(C)C1=O. The molecule has 0 spiro atoms. The molecule has 0 aliphatic carbocycles. The molecule has 0 saturated carbocycles. The van der Waals surface area contributed by atoms with Crippen LogP contribution in [-0.4, -0.2) is 40.3 Å². The van der Waals surface area contributed by atoms with Crippen LogP contribution < -0.4 is 5.32 Å². The van der Waals surface area contributed by atoms with Crippen LogP contribution in [0.4, 0.5) is 14.5 Å². The van der Waals surface area contributed by atoms with Gasteiger partial charge >= 0.3 is 0 Å². The van der Waals surface area contributed by atoms with Crippen LogP contribution in [-0.2, 0) is 22.4 Å². The average Bonchev–Trinajstić information content (AvgIpc) is 2.72. The third kappa shape index (κ3) is 3.74. The van der Waals surface area contributed by atoms with E-state index in [1.165, 1.54) is 11.9 Å². The summed E-state index contributed by atoms with van der Waals surface area (Å²) in [6, 6.07) is 9.48. The topological polar surface area (TPSA) is 92.5 Å². The Hall–Kier alpha value is -3.36. The van der Waals surface area contributed by atoms with Gasteiger partial charge in [-0.2, -0.15) is 0 Å². The number of piperazine rings is 1. The smallest absolute Gasteiger partial charge is 0.275 e. The van der Waals surface area contributed by atoms with E-state index < -0.39 is 57.6 Å². The zero-order valence-electron chi connectivity index (χ0n) is 16.5. The number of benzene rings is 2. The summed E-state index contributed by atoms with van der Waals surface area (Å²) in [6.45, 7) is 1.77. The Bertz CT molecular complexity index is 999. The van der Waals surface area contributed by atoms with E-state index in [-0.39, 0.29) is 6.42 Å². The number of carbonyl (C=O) groups excluding carboxylic acids is 2. The molecule has 1 fully saturated rings. The molecule has 2 aromatic rings. The summed E-state index contributed by atoms with van der Waals surface area (Å²) < 4.78 is 28.0. The van der Waals surface area contributed by atoms with Gasteiger partial charge in [0.1, 0.15) is 11.6 Å². The minimum Gasteiger partial charge on any atom is -0.340 e. The number of likely N-dealkylation sites (N-methyl/N-ethyl adjacent to an activating group) is 1. The molecule has 158 valence electrons. The van der Waals surface area contributed by atoms with E-state index in [1.807, 2.05) is 30.3 Å². The lowest BCUT2D eigenvalue weighted by molar-refractivity contribution is -0.385. The molecule has 1 N–H and O–H groups in total. The maximum Gasteiger partial charge on any atom is 0.275 e. The quantitative estimate of drug-likeness (QED) is 0.578. The van der Waals surface area contributed by atoms with Crippen molar-refractivity contribution in [3.8, 4) is 0 Å². The molecule has 2 unspecified atom stereocenters. The zero-order valence-corrected chi connectivity index (χ0v) is 16.5. The molecular weight excluding hydrogens is 396 g/mol. The van der Waals surface area contributed by atoms with Crippen LogP contribution in [0, 0.1) is 21.7 Å². The molecule has 3 rings (SSSR count). The molecule has 2 amide bonds. The summed E-state index contributed by atoms with van der Waals surface area (Å²) >= 11 is 0. The summed E-state index contributed by atoms with van der Waals surface area (Å²) in [5.74, 6) is -3.62. The largest absolute Gasteiger partial charge is 0.340 e. The fourth-order valence-electron chi connectivity index (χ4n) is 3.83. The Morgan fingerprint density at radius 3 is 2.43 bits per heavy atom. The molecule has 1 heterocycles. The van der Waals surface area contributed by atoms with Gasteiger partial charge in [0.15, 0.2) is 11.6 Å². The molecule has 0 aromatic heterocycles. The lowest BCUT2D eigenvalue weighted by Gasteiger charge is -2.44. The van der Waals surface area contributed by atoms with Crippen molar-refractivity contribution in [3.05, 3.63) is 75.3 Å². The van der Waals surface area contributed by atoms with Crippen molar-refractivity contribution in [2.45, 2.75) is 37.8 Å². The van der Waals surface area contributed by atoms with Gasteiger partial charge in [0.05, 0.1) is 10.5 Å². The van der Waals surface area contributed by atoms with Crippen LogP contribution in [0.5, 0.6) is 0 Å². The van der Waals surface area contributed by atoms with Crippen molar-refractivity contribution in [2.75, 3.05) is 7.05 Å². The van der Waals surface area contributed by atoms with Gasteiger partial charge in [0, 0.05) is 26.0 Å². The molecule has 0 radical (unpaired) electrons. The second-order valence-electron chi connectivity index (χ2n) is 7.34. The van der Waals surface area contributed by atoms with E-state index in [0.29, 0.717) is 12.5 Å². The van der Waals surface area contributed by atoms with E-state index >= 15 is 0 Å². The maximum absolute atomic E-state index is 14.3. The average molecular weight is 417 g/mol. The predicted octanol–water partition coefficient (Wildman–Crippen LogP) is 2.76. The summed E-state index contributed by atoms with van der Waals surface area (Å²) in [4.78, 5) is 37.7. The second-order valence-corrected chi connectivity index (χ2v) is 7.34. The highest BCUT2D eigenvalue weighted by Crippen LogP contribution is 2.30. The Kier molecular flexibility index (Phi) is 5.82. The second kappa shape index (κ2) is 8.17. The van der Waals surface area contributed by atoms with Crippen LogP contribution in [0.15, 0.2) is 42.5 Å². The first-order chi connectivity index (χ1) is 14.2. The van der Waals surface area contributed by atoms with Crippen LogP contribution >= 0.6 is 0 Å². The molecular formula is C21H21F2N3O4. The molecule has 1 saturated heterocycles. The number of nitro benzene ring substituents is 1. The van der Waals surface area contributed by atoms with Gasteiger partial charge in [0.25, 0.3) is 5.69 Å². The Morgan fingerprint density at radius 1 is 1.17 bits per heavy atom. The van der Waals surface area contributed by atoms with Crippen molar-refractivity contribution in [2.24, 2.45) is 0 Å². The minimum atomic E-state index is -1.39. The molecule has 1 aliphatic rings. The number of nitrogens with one attached hydrogen (secondary N) is 1. The zero-order chi connectivity index (χ0) is 22.1. The molecule has 30 heavy (non-hydrogen) atoms. The predicted molar refractivity (Wildman–Crippen MR) is 105 cm³/mol. The van der Waals surface area contributed by atoms with Crippen LogP contribution in [0.2, 0.25) is 0 Å². The number of carbonyl (C=O) groups is 2. The highest BCUT2D eigenvalue weighted by molar-refractivity contribution is 6.00. The third-order valence-electron chi connectivity index (χ3n) is 5.58. The van der Waals surface area contributed by atoms with E-state index in [1.54, 1.807) is 6.92 Å². The van der Waals surface area contributed by atoms with E-state index in [2.05, 4.69) is 5.32 Å².